The number of rotatable bonds is 3. The van der Waals surface area contributed by atoms with Crippen LogP contribution in [0.25, 0.3) is 0 Å². The van der Waals surface area contributed by atoms with Crippen molar-refractivity contribution in [3.05, 3.63) is 40.4 Å². The molecule has 0 saturated carbocycles. The molecule has 0 atom stereocenters. The van der Waals surface area contributed by atoms with Crippen LogP contribution in [-0.4, -0.2) is 26.0 Å². The predicted octanol–water partition coefficient (Wildman–Crippen LogP) is 1.87. The second-order valence-electron chi connectivity index (χ2n) is 5.02. The summed E-state index contributed by atoms with van der Waals surface area (Å²) < 4.78 is 32.5. The summed E-state index contributed by atoms with van der Waals surface area (Å²) in [6.45, 7) is 0.517. The fraction of sp³-hybridized carbons (Fsp3) is 0.143. The number of hydrogen-bond acceptors (Lipinski definition) is 6. The molecule has 4 N–H and O–H groups in total. The molecule has 0 saturated heterocycles. The van der Waals surface area contributed by atoms with Crippen molar-refractivity contribution in [1.82, 2.24) is 9.71 Å². The molecule has 24 heavy (non-hydrogen) atoms. The molecule has 2 heterocycles. The molecule has 1 aromatic carbocycles. The van der Waals surface area contributed by atoms with E-state index >= 15 is 0 Å². The van der Waals surface area contributed by atoms with Crippen LogP contribution in [0.1, 0.15) is 5.56 Å². The van der Waals surface area contributed by atoms with E-state index in [-0.39, 0.29) is 16.5 Å². The third kappa shape index (κ3) is 3.60. The number of carbonyl (C=O) groups is 1. The van der Waals surface area contributed by atoms with E-state index in [4.69, 9.17) is 10.5 Å². The molecule has 2 aromatic rings. The number of amides is 2. The predicted molar refractivity (Wildman–Crippen MR) is 91.3 cm³/mol. The maximum Gasteiger partial charge on any atom is 0.334 e. The lowest BCUT2D eigenvalue weighted by atomic mass is 10.2. The number of benzene rings is 1. The van der Waals surface area contributed by atoms with Crippen LogP contribution in [-0.2, 0) is 16.4 Å². The van der Waals surface area contributed by atoms with Gasteiger partial charge in [-0.3, -0.25) is 5.32 Å². The molecule has 0 unspecified atom stereocenters. The molecule has 1 aliphatic heterocycles. The number of nitrogens with one attached hydrogen (secondary N) is 2. The number of nitrogen functional groups attached to an aromatic ring is 1. The van der Waals surface area contributed by atoms with Crippen molar-refractivity contribution in [1.29, 1.82) is 0 Å². The van der Waals surface area contributed by atoms with Gasteiger partial charge in [0.05, 0.1) is 11.5 Å². The topological polar surface area (TPSA) is 123 Å². The number of fused-ring (bicyclic) bond motifs is 1. The van der Waals surface area contributed by atoms with Gasteiger partial charge in [0.15, 0.2) is 0 Å². The smallest absolute Gasteiger partial charge is 0.334 e. The molecule has 126 valence electrons. The monoisotopic (exact) mass is 412 g/mol. The van der Waals surface area contributed by atoms with Crippen molar-refractivity contribution in [2.75, 3.05) is 17.7 Å². The lowest BCUT2D eigenvalue weighted by molar-refractivity contribution is 0.256. The number of hydrogen-bond donors (Lipinski definition) is 3. The zero-order valence-corrected chi connectivity index (χ0v) is 14.6. The van der Waals surface area contributed by atoms with Gasteiger partial charge in [0.2, 0.25) is 0 Å². The highest BCUT2D eigenvalue weighted by molar-refractivity contribution is 9.10. The van der Waals surface area contributed by atoms with Crippen molar-refractivity contribution < 1.29 is 17.9 Å². The molecule has 2 amide bonds. The summed E-state index contributed by atoms with van der Waals surface area (Å²) in [5.41, 5.74) is 6.35. The summed E-state index contributed by atoms with van der Waals surface area (Å²) >= 11 is 3.21. The van der Waals surface area contributed by atoms with E-state index < -0.39 is 16.1 Å². The Morgan fingerprint density at radius 1 is 1.29 bits per heavy atom. The zero-order valence-electron chi connectivity index (χ0n) is 12.2. The number of pyridine rings is 1. The van der Waals surface area contributed by atoms with E-state index in [9.17, 15) is 13.2 Å². The van der Waals surface area contributed by atoms with Gasteiger partial charge in [-0.1, -0.05) is 15.9 Å². The number of carbonyl (C=O) groups excluding carboxylic acids is 1. The van der Waals surface area contributed by atoms with Crippen molar-refractivity contribution in [2.45, 2.75) is 11.3 Å². The van der Waals surface area contributed by atoms with Gasteiger partial charge >= 0.3 is 6.03 Å². The van der Waals surface area contributed by atoms with Crippen molar-refractivity contribution in [2.24, 2.45) is 0 Å². The first kappa shape index (κ1) is 16.5. The van der Waals surface area contributed by atoms with Crippen LogP contribution in [0.15, 0.2) is 39.7 Å². The van der Waals surface area contributed by atoms with Gasteiger partial charge in [0.25, 0.3) is 10.0 Å². The van der Waals surface area contributed by atoms with E-state index in [0.717, 1.165) is 5.56 Å². The Morgan fingerprint density at radius 2 is 2.08 bits per heavy atom. The lowest BCUT2D eigenvalue weighted by Crippen LogP contribution is -2.34. The number of ether oxygens (including phenoxy) is 1. The standard InChI is InChI=1S/C14H13BrN4O4S/c15-9-6-12(16)17-13(7-9)18-14(20)19-24(21,22)10-1-2-11-8(5-10)3-4-23-11/h1-2,5-7H,3-4H2,(H4,16,17,18,19,20). The van der Waals surface area contributed by atoms with Crippen LogP contribution in [0.4, 0.5) is 16.4 Å². The molecular weight excluding hydrogens is 400 g/mol. The van der Waals surface area contributed by atoms with Crippen LogP contribution >= 0.6 is 15.9 Å². The average molecular weight is 413 g/mol. The number of halogens is 1. The molecule has 1 aromatic heterocycles. The van der Waals surface area contributed by atoms with Gasteiger partial charge in [0, 0.05) is 10.9 Å². The quantitative estimate of drug-likeness (QED) is 0.706. The molecule has 0 aliphatic carbocycles. The third-order valence-corrected chi connectivity index (χ3v) is 5.04. The van der Waals surface area contributed by atoms with Crippen molar-refractivity contribution in [3.8, 4) is 5.75 Å². The number of urea groups is 1. The molecular formula is C14H13BrN4O4S. The highest BCUT2D eigenvalue weighted by Gasteiger charge is 2.21. The van der Waals surface area contributed by atoms with Crippen molar-refractivity contribution >= 4 is 43.6 Å². The first-order chi connectivity index (χ1) is 11.3. The van der Waals surface area contributed by atoms with E-state index in [1.54, 1.807) is 12.1 Å². The zero-order chi connectivity index (χ0) is 17.3. The Bertz CT molecular complexity index is 897. The largest absolute Gasteiger partial charge is 0.493 e. The summed E-state index contributed by atoms with van der Waals surface area (Å²) in [4.78, 5) is 15.8. The van der Waals surface area contributed by atoms with Gasteiger partial charge in [-0.25, -0.2) is 22.9 Å². The maximum absolute atomic E-state index is 12.3. The molecule has 0 fully saturated rings. The molecule has 0 spiro atoms. The van der Waals surface area contributed by atoms with Crippen LogP contribution in [0.2, 0.25) is 0 Å². The SMILES string of the molecule is Nc1cc(Br)cc(NC(=O)NS(=O)(=O)c2ccc3c(c2)CCO3)n1. The first-order valence-corrected chi connectivity index (χ1v) is 9.14. The summed E-state index contributed by atoms with van der Waals surface area (Å²) in [5.74, 6) is 0.963. The Labute approximate surface area is 146 Å². The Kier molecular flexibility index (Phi) is 4.33. The molecule has 1 aliphatic rings. The van der Waals surface area contributed by atoms with E-state index in [0.29, 0.717) is 23.2 Å². The van der Waals surface area contributed by atoms with Gasteiger partial charge in [-0.15, -0.1) is 0 Å². The Balaban J connectivity index is 1.75. The number of nitrogens with two attached hydrogens (primary N) is 1. The fourth-order valence-electron chi connectivity index (χ4n) is 2.23. The van der Waals surface area contributed by atoms with Crippen LogP contribution in [0.5, 0.6) is 5.75 Å². The normalized spacial score (nSPS) is 13.0. The summed E-state index contributed by atoms with van der Waals surface area (Å²) in [6, 6.07) is 6.56. The maximum atomic E-state index is 12.3. The average Bonchev–Trinajstić information content (AvgIpc) is 2.92. The molecule has 10 heteroatoms. The van der Waals surface area contributed by atoms with E-state index in [1.807, 2.05) is 4.72 Å². The summed E-state index contributed by atoms with van der Waals surface area (Å²) in [6.07, 6.45) is 0.631. The number of aromatic nitrogens is 1. The van der Waals surface area contributed by atoms with E-state index in [1.165, 1.54) is 18.2 Å². The minimum atomic E-state index is -4.01. The van der Waals surface area contributed by atoms with Gasteiger partial charge in [-0.2, -0.15) is 0 Å². The second kappa shape index (κ2) is 6.29. The number of nitrogens with zero attached hydrogens (tertiary/aromatic N) is 1. The van der Waals surface area contributed by atoms with Gasteiger partial charge < -0.3 is 10.5 Å². The van der Waals surface area contributed by atoms with Crippen molar-refractivity contribution in [3.63, 3.8) is 0 Å². The minimum absolute atomic E-state index is 0.0105. The third-order valence-electron chi connectivity index (χ3n) is 3.25. The van der Waals surface area contributed by atoms with Crippen LogP contribution < -0.4 is 20.5 Å². The number of anilines is 2. The molecule has 0 radical (unpaired) electrons. The minimum Gasteiger partial charge on any atom is -0.493 e. The molecule has 8 nitrogen and oxygen atoms in total. The molecule has 3 rings (SSSR count). The summed E-state index contributed by atoms with van der Waals surface area (Å²) in [5, 5.41) is 2.33. The fourth-order valence-corrected chi connectivity index (χ4v) is 3.64. The first-order valence-electron chi connectivity index (χ1n) is 6.86. The van der Waals surface area contributed by atoms with Crippen LogP contribution in [0.3, 0.4) is 0 Å². The lowest BCUT2D eigenvalue weighted by Gasteiger charge is -2.09. The summed E-state index contributed by atoms with van der Waals surface area (Å²) in [7, 11) is -4.01. The van der Waals surface area contributed by atoms with E-state index in [2.05, 4.69) is 26.2 Å². The highest BCUT2D eigenvalue weighted by Crippen LogP contribution is 2.27. The Morgan fingerprint density at radius 3 is 2.83 bits per heavy atom. The Hall–Kier alpha value is -2.33. The van der Waals surface area contributed by atoms with Gasteiger partial charge in [-0.05, 0) is 35.9 Å². The molecule has 0 bridgehead atoms. The highest BCUT2D eigenvalue weighted by atomic mass is 79.9. The van der Waals surface area contributed by atoms with Crippen LogP contribution in [0, 0.1) is 0 Å². The number of sulfonamides is 1. The van der Waals surface area contributed by atoms with Gasteiger partial charge in [0.1, 0.15) is 17.4 Å². The second-order valence-corrected chi connectivity index (χ2v) is 7.62.